The highest BCUT2D eigenvalue weighted by molar-refractivity contribution is 7.88. The number of rotatable bonds is 6. The monoisotopic (exact) mass is 358 g/mol. The highest BCUT2D eigenvalue weighted by Crippen LogP contribution is 2.24. The van der Waals surface area contributed by atoms with E-state index in [2.05, 4.69) is 5.32 Å². The fraction of sp³-hybridized carbons (Fsp3) is 0.688. The third-order valence-electron chi connectivity index (χ3n) is 4.45. The quantitative estimate of drug-likeness (QED) is 0.793. The van der Waals surface area contributed by atoms with Crippen molar-refractivity contribution >= 4 is 15.9 Å². The molecule has 0 radical (unpaired) electrons. The second-order valence-corrected chi connectivity index (χ2v) is 8.38. The first kappa shape index (κ1) is 19.0. The van der Waals surface area contributed by atoms with Crippen LogP contribution in [0.1, 0.15) is 42.5 Å². The van der Waals surface area contributed by atoms with Gasteiger partial charge in [0.15, 0.2) is 0 Å². The number of carbonyl (C=O) groups excluding carboxylic acids is 1. The highest BCUT2D eigenvalue weighted by Gasteiger charge is 2.28. The van der Waals surface area contributed by atoms with E-state index in [0.717, 1.165) is 11.3 Å². The summed E-state index contributed by atoms with van der Waals surface area (Å²) in [4.78, 5) is 12.2. The van der Waals surface area contributed by atoms with Gasteiger partial charge in [-0.1, -0.05) is 0 Å². The van der Waals surface area contributed by atoms with E-state index >= 15 is 0 Å². The molecule has 0 aromatic carbocycles. The smallest absolute Gasteiger partial charge is 0.223 e. The minimum Gasteiger partial charge on any atom is -0.466 e. The van der Waals surface area contributed by atoms with Crippen LogP contribution in [0.4, 0.5) is 0 Å². The molecule has 24 heavy (non-hydrogen) atoms. The first-order valence-electron chi connectivity index (χ1n) is 8.16. The summed E-state index contributed by atoms with van der Waals surface area (Å²) in [5.41, 5.74) is 0.753. The molecule has 8 heteroatoms. The predicted octanol–water partition coefficient (Wildman–Crippen LogP) is 1.11. The van der Waals surface area contributed by atoms with Gasteiger partial charge in [0.25, 0.3) is 0 Å². The molecule has 1 aliphatic rings. The van der Waals surface area contributed by atoms with Gasteiger partial charge in [0.1, 0.15) is 11.5 Å². The maximum atomic E-state index is 12.2. The van der Waals surface area contributed by atoms with Gasteiger partial charge < -0.3 is 14.8 Å². The van der Waals surface area contributed by atoms with Crippen LogP contribution in [-0.2, 0) is 14.8 Å². The summed E-state index contributed by atoms with van der Waals surface area (Å²) in [6.45, 7) is 4.77. The lowest BCUT2D eigenvalue weighted by Gasteiger charge is -2.29. The van der Waals surface area contributed by atoms with E-state index in [9.17, 15) is 18.3 Å². The van der Waals surface area contributed by atoms with Crippen molar-refractivity contribution in [2.24, 2.45) is 5.92 Å². The molecule has 0 spiro atoms. The number of hydrogen-bond donors (Lipinski definition) is 2. The van der Waals surface area contributed by atoms with Crippen LogP contribution in [0.2, 0.25) is 0 Å². The molecule has 1 atom stereocenters. The average Bonchev–Trinajstić information content (AvgIpc) is 2.85. The largest absolute Gasteiger partial charge is 0.466 e. The van der Waals surface area contributed by atoms with E-state index in [-0.39, 0.29) is 11.8 Å². The Balaban J connectivity index is 1.75. The van der Waals surface area contributed by atoms with Gasteiger partial charge in [0.2, 0.25) is 15.9 Å². The third kappa shape index (κ3) is 4.81. The molecule has 136 valence electrons. The number of hydrogen-bond acceptors (Lipinski definition) is 5. The Labute approximate surface area is 143 Å². The molecular weight excluding hydrogens is 332 g/mol. The van der Waals surface area contributed by atoms with Crippen LogP contribution in [0.3, 0.4) is 0 Å². The number of aryl methyl sites for hydroxylation is 2. The van der Waals surface area contributed by atoms with Crippen molar-refractivity contribution < 1.29 is 22.7 Å². The lowest BCUT2D eigenvalue weighted by Crippen LogP contribution is -2.42. The van der Waals surface area contributed by atoms with Gasteiger partial charge in [-0.25, -0.2) is 12.7 Å². The Morgan fingerprint density at radius 2 is 2.04 bits per heavy atom. The van der Waals surface area contributed by atoms with Crippen molar-refractivity contribution in [3.8, 4) is 0 Å². The Hall–Kier alpha value is -1.38. The summed E-state index contributed by atoms with van der Waals surface area (Å²) < 4.78 is 29.7. The average molecular weight is 358 g/mol. The van der Waals surface area contributed by atoms with E-state index in [4.69, 9.17) is 4.42 Å². The SMILES string of the molecule is Cc1cc(C(O)CCNC(=O)C2CCN(S(C)(=O)=O)CC2)c(C)o1. The van der Waals surface area contributed by atoms with Crippen LogP contribution in [0.5, 0.6) is 0 Å². The van der Waals surface area contributed by atoms with Gasteiger partial charge in [-0.3, -0.25) is 4.79 Å². The van der Waals surface area contributed by atoms with E-state index in [1.54, 1.807) is 6.92 Å². The number of nitrogens with one attached hydrogen (secondary N) is 1. The van der Waals surface area contributed by atoms with E-state index in [1.165, 1.54) is 10.6 Å². The molecule has 2 heterocycles. The Morgan fingerprint density at radius 1 is 1.42 bits per heavy atom. The second kappa shape index (κ2) is 7.67. The standard InChI is InChI=1S/C16H26N2O5S/c1-11-10-14(12(2)23-11)15(19)4-7-17-16(20)13-5-8-18(9-6-13)24(3,21)22/h10,13,15,19H,4-9H2,1-3H3,(H,17,20). The van der Waals surface area contributed by atoms with Crippen LogP contribution in [-0.4, -0.2) is 49.6 Å². The Kier molecular flexibility index (Phi) is 6.06. The van der Waals surface area contributed by atoms with Gasteiger partial charge in [-0.05, 0) is 39.2 Å². The van der Waals surface area contributed by atoms with Gasteiger partial charge in [0, 0.05) is 31.1 Å². The second-order valence-electron chi connectivity index (χ2n) is 6.40. The summed E-state index contributed by atoms with van der Waals surface area (Å²) in [7, 11) is -3.18. The number of carbonyl (C=O) groups is 1. The molecule has 1 saturated heterocycles. The molecule has 1 aliphatic heterocycles. The van der Waals surface area contributed by atoms with E-state index in [0.29, 0.717) is 44.7 Å². The van der Waals surface area contributed by atoms with Crippen LogP contribution >= 0.6 is 0 Å². The van der Waals surface area contributed by atoms with Gasteiger partial charge in [0.05, 0.1) is 12.4 Å². The first-order valence-corrected chi connectivity index (χ1v) is 10.0. The number of furan rings is 1. The topological polar surface area (TPSA) is 99.9 Å². The molecule has 1 fully saturated rings. The van der Waals surface area contributed by atoms with Crippen molar-refractivity contribution in [2.45, 2.75) is 39.2 Å². The summed E-state index contributed by atoms with van der Waals surface area (Å²) in [5, 5.41) is 13.0. The van der Waals surface area contributed by atoms with Crippen molar-refractivity contribution in [3.05, 3.63) is 23.2 Å². The van der Waals surface area contributed by atoms with Crippen LogP contribution in [0.15, 0.2) is 10.5 Å². The predicted molar refractivity (Wildman–Crippen MR) is 89.9 cm³/mol. The van der Waals surface area contributed by atoms with Crippen molar-refractivity contribution in [1.82, 2.24) is 9.62 Å². The molecule has 0 aliphatic carbocycles. The zero-order valence-electron chi connectivity index (χ0n) is 14.4. The highest BCUT2D eigenvalue weighted by atomic mass is 32.2. The number of aliphatic hydroxyl groups is 1. The van der Waals surface area contributed by atoms with E-state index < -0.39 is 16.1 Å². The molecule has 1 aromatic rings. The lowest BCUT2D eigenvalue weighted by molar-refractivity contribution is -0.126. The van der Waals surface area contributed by atoms with Gasteiger partial charge in [-0.2, -0.15) is 0 Å². The lowest BCUT2D eigenvalue weighted by atomic mass is 9.97. The molecule has 1 aromatic heterocycles. The fourth-order valence-corrected chi connectivity index (χ4v) is 3.94. The molecule has 1 amide bonds. The fourth-order valence-electron chi connectivity index (χ4n) is 3.06. The summed E-state index contributed by atoms with van der Waals surface area (Å²) in [6.07, 6.45) is 1.99. The van der Waals surface area contributed by atoms with Crippen molar-refractivity contribution in [2.75, 3.05) is 25.9 Å². The van der Waals surface area contributed by atoms with Crippen LogP contribution in [0, 0.1) is 19.8 Å². The molecular formula is C16H26N2O5S. The Bertz CT molecular complexity index is 675. The number of nitrogens with zero attached hydrogens (tertiary/aromatic N) is 1. The van der Waals surface area contributed by atoms with Gasteiger partial charge in [-0.15, -0.1) is 0 Å². The molecule has 0 bridgehead atoms. The normalized spacial score (nSPS) is 18.5. The maximum absolute atomic E-state index is 12.2. The number of amides is 1. The van der Waals surface area contributed by atoms with E-state index in [1.807, 2.05) is 13.0 Å². The molecule has 2 rings (SSSR count). The van der Waals surface area contributed by atoms with Crippen molar-refractivity contribution in [3.63, 3.8) is 0 Å². The summed E-state index contributed by atoms with van der Waals surface area (Å²) in [6, 6.07) is 1.81. The molecule has 0 saturated carbocycles. The number of sulfonamides is 1. The molecule has 7 nitrogen and oxygen atoms in total. The zero-order valence-corrected chi connectivity index (χ0v) is 15.2. The zero-order chi connectivity index (χ0) is 17.9. The minimum atomic E-state index is -3.18. The minimum absolute atomic E-state index is 0.0737. The third-order valence-corrected chi connectivity index (χ3v) is 5.75. The molecule has 1 unspecified atom stereocenters. The van der Waals surface area contributed by atoms with Crippen LogP contribution < -0.4 is 5.32 Å². The number of aliphatic hydroxyl groups excluding tert-OH is 1. The first-order chi connectivity index (χ1) is 11.2. The Morgan fingerprint density at radius 3 is 2.54 bits per heavy atom. The maximum Gasteiger partial charge on any atom is 0.223 e. The van der Waals surface area contributed by atoms with Crippen LogP contribution in [0.25, 0.3) is 0 Å². The van der Waals surface area contributed by atoms with Crippen molar-refractivity contribution in [1.29, 1.82) is 0 Å². The summed E-state index contributed by atoms with van der Waals surface area (Å²) >= 11 is 0. The summed E-state index contributed by atoms with van der Waals surface area (Å²) in [5.74, 6) is 1.20. The van der Waals surface area contributed by atoms with Gasteiger partial charge >= 0.3 is 0 Å². The molecule has 2 N–H and O–H groups in total. The number of piperidine rings is 1.